The topological polar surface area (TPSA) is 43.8 Å². The minimum atomic E-state index is 0.0245. The number of aromatic hydroxyl groups is 1. The Morgan fingerprint density at radius 3 is 2.46 bits per heavy atom. The van der Waals surface area contributed by atoms with E-state index in [1.807, 2.05) is 42.5 Å². The smallest absolute Gasteiger partial charge is 0.159 e. The van der Waals surface area contributed by atoms with Gasteiger partial charge in [0, 0.05) is 37.3 Å². The zero-order chi connectivity index (χ0) is 20.3. The molecule has 1 saturated heterocycles. The fourth-order valence-corrected chi connectivity index (χ4v) is 4.18. The summed E-state index contributed by atoms with van der Waals surface area (Å²) in [5.41, 5.74) is 2.91. The Kier molecular flexibility index (Phi) is 6.32. The van der Waals surface area contributed by atoms with Crippen LogP contribution in [0.5, 0.6) is 5.75 Å². The third-order valence-corrected chi connectivity index (χ3v) is 5.68. The Balaban J connectivity index is 1.99. The quantitative estimate of drug-likeness (QED) is 0.602. The molecular formula is C24H30N2O2. The second kappa shape index (κ2) is 8.72. The third kappa shape index (κ3) is 4.34. The van der Waals surface area contributed by atoms with E-state index in [4.69, 9.17) is 0 Å². The first-order valence-corrected chi connectivity index (χ1v) is 9.91. The normalized spacial score (nSPS) is 22.0. The summed E-state index contributed by atoms with van der Waals surface area (Å²) in [5, 5.41) is 10.1. The lowest BCUT2D eigenvalue weighted by Crippen LogP contribution is -2.57. The van der Waals surface area contributed by atoms with Crippen molar-refractivity contribution in [1.29, 1.82) is 0 Å². The summed E-state index contributed by atoms with van der Waals surface area (Å²) in [4.78, 5) is 16.6. The Hall–Kier alpha value is -2.43. The Morgan fingerprint density at radius 1 is 1.14 bits per heavy atom. The predicted octanol–water partition coefficient (Wildman–Crippen LogP) is 4.26. The summed E-state index contributed by atoms with van der Waals surface area (Å²) in [7, 11) is 0. The van der Waals surface area contributed by atoms with E-state index in [0.717, 1.165) is 36.3 Å². The SMILES string of the molecule is C=CCN1C[C@@H](C)N(C(c2ccc(C(C)=O)cc2)c2cccc(O)c2)C[C@H]1C. The van der Waals surface area contributed by atoms with E-state index in [1.165, 1.54) is 0 Å². The maximum absolute atomic E-state index is 11.7. The van der Waals surface area contributed by atoms with Crippen molar-refractivity contribution in [2.45, 2.75) is 38.9 Å². The predicted molar refractivity (Wildman–Crippen MR) is 114 cm³/mol. The van der Waals surface area contributed by atoms with E-state index in [0.29, 0.717) is 12.1 Å². The molecule has 0 saturated carbocycles. The molecule has 3 rings (SSSR count). The molecule has 1 fully saturated rings. The first-order chi connectivity index (χ1) is 13.4. The molecule has 28 heavy (non-hydrogen) atoms. The van der Waals surface area contributed by atoms with E-state index in [-0.39, 0.29) is 17.6 Å². The number of Topliss-reactive ketones (excluding diaryl/α,β-unsaturated/α-hetero) is 1. The molecule has 4 nitrogen and oxygen atoms in total. The maximum Gasteiger partial charge on any atom is 0.159 e. The van der Waals surface area contributed by atoms with Crippen LogP contribution >= 0.6 is 0 Å². The highest BCUT2D eigenvalue weighted by atomic mass is 16.3. The highest BCUT2D eigenvalue weighted by Gasteiger charge is 2.34. The summed E-state index contributed by atoms with van der Waals surface area (Å²) < 4.78 is 0. The van der Waals surface area contributed by atoms with Gasteiger partial charge in [-0.05, 0) is 44.0 Å². The molecule has 1 unspecified atom stereocenters. The number of benzene rings is 2. The van der Waals surface area contributed by atoms with Crippen molar-refractivity contribution in [3.8, 4) is 5.75 Å². The fourth-order valence-electron chi connectivity index (χ4n) is 4.18. The Morgan fingerprint density at radius 2 is 1.86 bits per heavy atom. The number of ketones is 1. The van der Waals surface area contributed by atoms with Gasteiger partial charge in [-0.15, -0.1) is 6.58 Å². The highest BCUT2D eigenvalue weighted by Crippen LogP contribution is 2.34. The molecule has 1 heterocycles. The van der Waals surface area contributed by atoms with Crippen molar-refractivity contribution in [1.82, 2.24) is 9.80 Å². The number of hydrogen-bond donors (Lipinski definition) is 1. The highest BCUT2D eigenvalue weighted by molar-refractivity contribution is 5.94. The Bertz CT molecular complexity index is 831. The lowest BCUT2D eigenvalue weighted by molar-refractivity contribution is 0.0306. The number of phenolic OH excluding ortho intramolecular Hbond substituents is 1. The molecule has 2 aromatic carbocycles. The number of rotatable bonds is 6. The van der Waals surface area contributed by atoms with Gasteiger partial charge in [0.25, 0.3) is 0 Å². The van der Waals surface area contributed by atoms with Gasteiger partial charge in [-0.3, -0.25) is 14.6 Å². The van der Waals surface area contributed by atoms with Crippen LogP contribution in [-0.4, -0.2) is 52.4 Å². The number of carbonyl (C=O) groups excluding carboxylic acids is 1. The van der Waals surface area contributed by atoms with Crippen LogP contribution in [0.3, 0.4) is 0 Å². The summed E-state index contributed by atoms with van der Waals surface area (Å²) >= 11 is 0. The van der Waals surface area contributed by atoms with Gasteiger partial charge >= 0.3 is 0 Å². The van der Waals surface area contributed by atoms with Gasteiger partial charge < -0.3 is 5.11 Å². The molecule has 1 N–H and O–H groups in total. The van der Waals surface area contributed by atoms with Crippen LogP contribution < -0.4 is 0 Å². The van der Waals surface area contributed by atoms with Gasteiger partial charge in [0.1, 0.15) is 5.75 Å². The van der Waals surface area contributed by atoms with Crippen LogP contribution in [0.15, 0.2) is 61.2 Å². The molecule has 0 aliphatic carbocycles. The van der Waals surface area contributed by atoms with Gasteiger partial charge in [-0.1, -0.05) is 42.5 Å². The van der Waals surface area contributed by atoms with Crippen molar-refractivity contribution >= 4 is 5.78 Å². The van der Waals surface area contributed by atoms with Crippen LogP contribution in [0, 0.1) is 0 Å². The fraction of sp³-hybridized carbons (Fsp3) is 0.375. The van der Waals surface area contributed by atoms with Crippen molar-refractivity contribution in [3.63, 3.8) is 0 Å². The molecule has 3 atom stereocenters. The molecule has 0 radical (unpaired) electrons. The second-order valence-corrected chi connectivity index (χ2v) is 7.81. The van der Waals surface area contributed by atoms with Crippen LogP contribution in [-0.2, 0) is 0 Å². The van der Waals surface area contributed by atoms with Crippen molar-refractivity contribution in [3.05, 3.63) is 77.9 Å². The van der Waals surface area contributed by atoms with Crippen molar-refractivity contribution in [2.24, 2.45) is 0 Å². The third-order valence-electron chi connectivity index (χ3n) is 5.68. The molecule has 0 spiro atoms. The summed E-state index contributed by atoms with van der Waals surface area (Å²) in [6, 6.07) is 16.2. The molecule has 0 bridgehead atoms. The first kappa shape index (κ1) is 20.3. The Labute approximate surface area is 168 Å². The minimum absolute atomic E-state index is 0.0245. The average Bonchev–Trinajstić information content (AvgIpc) is 2.66. The summed E-state index contributed by atoms with van der Waals surface area (Å²) in [6.07, 6.45) is 1.96. The maximum atomic E-state index is 11.7. The van der Waals surface area contributed by atoms with Crippen molar-refractivity contribution in [2.75, 3.05) is 19.6 Å². The minimum Gasteiger partial charge on any atom is -0.508 e. The molecule has 1 aliphatic heterocycles. The number of nitrogens with zero attached hydrogens (tertiary/aromatic N) is 2. The van der Waals surface area contributed by atoms with Crippen LogP contribution in [0.2, 0.25) is 0 Å². The molecule has 1 aliphatic rings. The standard InChI is InChI=1S/C24H30N2O2/c1-5-13-25-15-18(3)26(16-17(25)2)24(22-7-6-8-23(28)14-22)21-11-9-20(10-12-21)19(4)27/h5-12,14,17-18,24,28H,1,13,15-16H2,2-4H3/t17-,18-,24?/m1/s1. The molecule has 0 amide bonds. The van der Waals surface area contributed by atoms with Crippen molar-refractivity contribution < 1.29 is 9.90 Å². The van der Waals surface area contributed by atoms with Gasteiger partial charge in [0.2, 0.25) is 0 Å². The van der Waals surface area contributed by atoms with Gasteiger partial charge in [-0.25, -0.2) is 0 Å². The molecular weight excluding hydrogens is 348 g/mol. The van der Waals surface area contributed by atoms with Crippen LogP contribution in [0.25, 0.3) is 0 Å². The van der Waals surface area contributed by atoms with Gasteiger partial charge in [-0.2, -0.15) is 0 Å². The number of carbonyl (C=O) groups is 1. The number of piperazine rings is 1. The van der Waals surface area contributed by atoms with E-state index in [9.17, 15) is 9.90 Å². The summed E-state index contributed by atoms with van der Waals surface area (Å²) in [6.45, 7) is 12.8. The number of hydrogen-bond acceptors (Lipinski definition) is 4. The molecule has 0 aromatic heterocycles. The lowest BCUT2D eigenvalue weighted by atomic mass is 9.92. The van der Waals surface area contributed by atoms with Gasteiger partial charge in [0.05, 0.1) is 6.04 Å². The monoisotopic (exact) mass is 378 g/mol. The average molecular weight is 379 g/mol. The first-order valence-electron chi connectivity index (χ1n) is 9.91. The van der Waals surface area contributed by atoms with E-state index >= 15 is 0 Å². The zero-order valence-corrected chi connectivity index (χ0v) is 17.0. The molecule has 148 valence electrons. The van der Waals surface area contributed by atoms with Crippen LogP contribution in [0.1, 0.15) is 48.3 Å². The van der Waals surface area contributed by atoms with Gasteiger partial charge in [0.15, 0.2) is 5.78 Å². The molecule has 4 heteroatoms. The van der Waals surface area contributed by atoms with Crippen LogP contribution in [0.4, 0.5) is 0 Å². The summed E-state index contributed by atoms with van der Waals surface area (Å²) in [5.74, 6) is 0.342. The zero-order valence-electron chi connectivity index (χ0n) is 17.0. The number of phenols is 1. The second-order valence-electron chi connectivity index (χ2n) is 7.81. The van der Waals surface area contributed by atoms with E-state index < -0.39 is 0 Å². The molecule has 2 aromatic rings. The van der Waals surface area contributed by atoms with E-state index in [1.54, 1.807) is 13.0 Å². The van der Waals surface area contributed by atoms with E-state index in [2.05, 4.69) is 36.3 Å². The lowest BCUT2D eigenvalue weighted by Gasteiger charge is -2.47. The largest absolute Gasteiger partial charge is 0.508 e.